The van der Waals surface area contributed by atoms with Gasteiger partial charge in [0.25, 0.3) is 0 Å². The number of hydrogen-bond acceptors (Lipinski definition) is 3. The summed E-state index contributed by atoms with van der Waals surface area (Å²) < 4.78 is 0. The van der Waals surface area contributed by atoms with Gasteiger partial charge < -0.3 is 10.2 Å². The largest absolute Gasteiger partial charge is 0.478 e. The molecule has 0 aliphatic rings. The van der Waals surface area contributed by atoms with Gasteiger partial charge in [-0.2, -0.15) is 0 Å². The normalized spacial score (nSPS) is 11.0. The van der Waals surface area contributed by atoms with Crippen LogP contribution in [0.15, 0.2) is 30.5 Å². The molecule has 82 valence electrons. The van der Waals surface area contributed by atoms with Gasteiger partial charge in [-0.1, -0.05) is 6.07 Å². The summed E-state index contributed by atoms with van der Waals surface area (Å²) in [7, 11) is 0. The van der Waals surface area contributed by atoms with Crippen molar-refractivity contribution in [1.29, 1.82) is 0 Å². The van der Waals surface area contributed by atoms with E-state index in [0.717, 1.165) is 12.2 Å². The van der Waals surface area contributed by atoms with Gasteiger partial charge in [-0.3, -0.25) is 4.98 Å². The molecule has 0 aromatic carbocycles. The van der Waals surface area contributed by atoms with Gasteiger partial charge in [0.2, 0.25) is 0 Å². The highest BCUT2D eigenvalue weighted by atomic mass is 16.4. The van der Waals surface area contributed by atoms with Crippen LogP contribution in [0.1, 0.15) is 11.3 Å². The molecule has 0 atom stereocenters. The maximum atomic E-state index is 10.2. The lowest BCUT2D eigenvalue weighted by atomic mass is 10.2. The van der Waals surface area contributed by atoms with Crippen LogP contribution in [0.4, 0.5) is 0 Å². The van der Waals surface area contributed by atoms with E-state index >= 15 is 0 Å². The number of hydrogen-bond donors (Lipinski definition) is 2. The number of carboxylic acid groups (broad SMARTS) is 2. The highest BCUT2D eigenvalue weighted by Gasteiger charge is 1.92. The van der Waals surface area contributed by atoms with Crippen molar-refractivity contribution >= 4 is 24.1 Å². The fourth-order valence-electron chi connectivity index (χ4n) is 0.938. The minimum atomic E-state index is -1.04. The van der Waals surface area contributed by atoms with Gasteiger partial charge in [0, 0.05) is 18.3 Å². The van der Waals surface area contributed by atoms with Gasteiger partial charge in [-0.15, -0.1) is 0 Å². The Balaban J connectivity index is 2.75. The first-order chi connectivity index (χ1) is 7.58. The monoisotopic (exact) mass is 219 g/mol. The molecule has 0 saturated heterocycles. The number of nitrogens with zero attached hydrogens (tertiary/aromatic N) is 1. The van der Waals surface area contributed by atoms with Crippen LogP contribution >= 0.6 is 0 Å². The Morgan fingerprint density at radius 1 is 1.06 bits per heavy atom. The number of carbonyl (C=O) groups is 2. The Morgan fingerprint density at radius 3 is 2.19 bits per heavy atom. The molecule has 0 saturated carbocycles. The van der Waals surface area contributed by atoms with E-state index in [1.807, 2.05) is 0 Å². The fourth-order valence-corrected chi connectivity index (χ4v) is 0.938. The van der Waals surface area contributed by atoms with E-state index in [4.69, 9.17) is 10.2 Å². The van der Waals surface area contributed by atoms with Crippen LogP contribution in [0.2, 0.25) is 0 Å². The number of rotatable bonds is 4. The van der Waals surface area contributed by atoms with Crippen molar-refractivity contribution < 1.29 is 19.8 Å². The smallest absolute Gasteiger partial charge is 0.328 e. The van der Waals surface area contributed by atoms with Crippen molar-refractivity contribution in [2.75, 3.05) is 0 Å². The minimum Gasteiger partial charge on any atom is -0.478 e. The number of aliphatic carboxylic acids is 2. The van der Waals surface area contributed by atoms with Crippen LogP contribution in [-0.4, -0.2) is 27.1 Å². The van der Waals surface area contributed by atoms with Crippen LogP contribution in [0.3, 0.4) is 0 Å². The van der Waals surface area contributed by atoms with E-state index in [2.05, 4.69) is 4.98 Å². The average molecular weight is 219 g/mol. The van der Waals surface area contributed by atoms with Gasteiger partial charge >= 0.3 is 11.9 Å². The molecule has 5 heteroatoms. The van der Waals surface area contributed by atoms with Crippen molar-refractivity contribution in [2.24, 2.45) is 0 Å². The summed E-state index contributed by atoms with van der Waals surface area (Å²) in [6.45, 7) is 0. The van der Waals surface area contributed by atoms with E-state index in [1.165, 1.54) is 18.3 Å². The maximum Gasteiger partial charge on any atom is 0.328 e. The molecule has 0 radical (unpaired) electrons. The molecule has 0 amide bonds. The predicted molar refractivity (Wildman–Crippen MR) is 57.6 cm³/mol. The van der Waals surface area contributed by atoms with Crippen molar-refractivity contribution in [1.82, 2.24) is 4.98 Å². The van der Waals surface area contributed by atoms with Crippen LogP contribution < -0.4 is 0 Å². The molecular formula is C11H9NO4. The maximum absolute atomic E-state index is 10.2. The second-order valence-corrected chi connectivity index (χ2v) is 2.86. The summed E-state index contributed by atoms with van der Waals surface area (Å²) >= 11 is 0. The zero-order chi connectivity index (χ0) is 12.0. The molecule has 0 spiro atoms. The van der Waals surface area contributed by atoms with Gasteiger partial charge in [0.15, 0.2) is 0 Å². The van der Waals surface area contributed by atoms with Gasteiger partial charge in [-0.05, 0) is 23.8 Å². The first kappa shape index (κ1) is 11.6. The Morgan fingerprint density at radius 2 is 1.69 bits per heavy atom. The summed E-state index contributed by atoms with van der Waals surface area (Å²) in [5.74, 6) is -2.08. The summed E-state index contributed by atoms with van der Waals surface area (Å²) in [6, 6.07) is 3.24. The van der Waals surface area contributed by atoms with Crippen molar-refractivity contribution in [2.45, 2.75) is 0 Å². The van der Waals surface area contributed by atoms with Gasteiger partial charge in [-0.25, -0.2) is 9.59 Å². The summed E-state index contributed by atoms with van der Waals surface area (Å²) in [4.78, 5) is 24.4. The van der Waals surface area contributed by atoms with E-state index in [-0.39, 0.29) is 0 Å². The zero-order valence-electron chi connectivity index (χ0n) is 8.20. The zero-order valence-corrected chi connectivity index (χ0v) is 8.20. The van der Waals surface area contributed by atoms with E-state index in [9.17, 15) is 9.59 Å². The van der Waals surface area contributed by atoms with E-state index in [1.54, 1.807) is 12.1 Å². The van der Waals surface area contributed by atoms with Crippen molar-refractivity contribution in [3.8, 4) is 0 Å². The third-order valence-corrected chi connectivity index (χ3v) is 1.62. The molecule has 0 unspecified atom stereocenters. The van der Waals surface area contributed by atoms with E-state index in [0.29, 0.717) is 11.3 Å². The number of aromatic nitrogens is 1. The van der Waals surface area contributed by atoms with Crippen LogP contribution in [0.5, 0.6) is 0 Å². The first-order valence-electron chi connectivity index (χ1n) is 4.36. The summed E-state index contributed by atoms with van der Waals surface area (Å²) in [5.41, 5.74) is 1.13. The Kier molecular flexibility index (Phi) is 3.97. The summed E-state index contributed by atoms with van der Waals surface area (Å²) in [5, 5.41) is 16.8. The Bertz CT molecular complexity index is 403. The molecule has 2 N–H and O–H groups in total. The molecule has 1 rings (SSSR count). The van der Waals surface area contributed by atoms with Crippen LogP contribution in [0.25, 0.3) is 12.2 Å². The number of carboxylic acids is 2. The van der Waals surface area contributed by atoms with Crippen molar-refractivity contribution in [3.63, 3.8) is 0 Å². The molecule has 5 nitrogen and oxygen atoms in total. The van der Waals surface area contributed by atoms with Crippen molar-refractivity contribution in [3.05, 3.63) is 41.7 Å². The lowest BCUT2D eigenvalue weighted by Gasteiger charge is -1.93. The Labute approximate surface area is 91.4 Å². The molecule has 1 heterocycles. The highest BCUT2D eigenvalue weighted by molar-refractivity contribution is 5.85. The predicted octanol–water partition coefficient (Wildman–Crippen LogP) is 1.28. The molecule has 0 aliphatic heterocycles. The quantitative estimate of drug-likeness (QED) is 0.744. The lowest BCUT2D eigenvalue weighted by molar-refractivity contribution is -0.132. The molecule has 16 heavy (non-hydrogen) atoms. The van der Waals surface area contributed by atoms with Gasteiger partial charge in [0.05, 0.1) is 5.69 Å². The second kappa shape index (κ2) is 5.45. The highest BCUT2D eigenvalue weighted by Crippen LogP contribution is 2.04. The van der Waals surface area contributed by atoms with Crippen LogP contribution in [0, 0.1) is 0 Å². The SMILES string of the molecule is O=C(O)/C=C/c1ccc(/C=C/C(=O)O)nc1. The first-order valence-corrected chi connectivity index (χ1v) is 4.36. The standard InChI is InChI=1S/C11H9NO4/c13-10(14)5-2-8-1-3-9(12-7-8)4-6-11(15)16/h1-7H,(H,13,14)(H,15,16)/b5-2+,6-4+. The molecular weight excluding hydrogens is 210 g/mol. The second-order valence-electron chi connectivity index (χ2n) is 2.86. The molecule has 1 aromatic heterocycles. The Hall–Kier alpha value is -2.43. The van der Waals surface area contributed by atoms with E-state index < -0.39 is 11.9 Å². The average Bonchev–Trinajstić information content (AvgIpc) is 2.25. The molecule has 0 bridgehead atoms. The minimum absolute atomic E-state index is 0.495. The lowest BCUT2D eigenvalue weighted by Crippen LogP contribution is -1.88. The number of pyridine rings is 1. The topological polar surface area (TPSA) is 87.5 Å². The molecule has 1 aromatic rings. The van der Waals surface area contributed by atoms with Gasteiger partial charge in [0.1, 0.15) is 0 Å². The fraction of sp³-hybridized carbons (Fsp3) is 0. The third-order valence-electron chi connectivity index (χ3n) is 1.62. The third kappa shape index (κ3) is 4.19. The molecule has 0 fully saturated rings. The van der Waals surface area contributed by atoms with Crippen LogP contribution in [-0.2, 0) is 9.59 Å². The summed E-state index contributed by atoms with van der Waals surface area (Å²) in [6.07, 6.45) is 6.20. The molecule has 0 aliphatic carbocycles.